The van der Waals surface area contributed by atoms with E-state index in [0.29, 0.717) is 17.9 Å². The molecule has 0 saturated carbocycles. The van der Waals surface area contributed by atoms with Gasteiger partial charge in [-0.15, -0.1) is 0 Å². The van der Waals surface area contributed by atoms with Crippen molar-refractivity contribution in [3.05, 3.63) is 89.9 Å². The van der Waals surface area contributed by atoms with Crippen molar-refractivity contribution in [2.75, 3.05) is 20.6 Å². The number of likely N-dealkylation sites (N-methyl/N-ethyl adjacent to an activating group) is 1. The maximum atomic E-state index is 12.7. The van der Waals surface area contributed by atoms with Crippen LogP contribution in [0.25, 0.3) is 0 Å². The second kappa shape index (κ2) is 9.71. The molecule has 2 aromatic carbocycles. The van der Waals surface area contributed by atoms with Gasteiger partial charge in [-0.3, -0.25) is 4.79 Å². The van der Waals surface area contributed by atoms with Crippen LogP contribution in [-0.2, 0) is 16.6 Å². The second-order valence-corrected chi connectivity index (χ2v) is 8.89. The Labute approximate surface area is 176 Å². The number of rotatable bonds is 9. The number of furan rings is 1. The predicted molar refractivity (Wildman–Crippen MR) is 114 cm³/mol. The van der Waals surface area contributed by atoms with Crippen molar-refractivity contribution in [3.63, 3.8) is 0 Å². The van der Waals surface area contributed by atoms with Crippen molar-refractivity contribution >= 4 is 15.9 Å². The van der Waals surface area contributed by atoms with Gasteiger partial charge in [0.05, 0.1) is 23.7 Å². The Morgan fingerprint density at radius 1 is 1.00 bits per heavy atom. The van der Waals surface area contributed by atoms with Gasteiger partial charge in [-0.25, -0.2) is 13.1 Å². The Morgan fingerprint density at radius 3 is 2.30 bits per heavy atom. The Kier molecular flexibility index (Phi) is 7.04. The third kappa shape index (κ3) is 5.79. The number of amides is 1. The third-order valence-corrected chi connectivity index (χ3v) is 5.92. The van der Waals surface area contributed by atoms with Gasteiger partial charge in [0.15, 0.2) is 0 Å². The second-order valence-electron chi connectivity index (χ2n) is 7.13. The number of benzene rings is 2. The van der Waals surface area contributed by atoms with Crippen LogP contribution in [-0.4, -0.2) is 39.9 Å². The van der Waals surface area contributed by atoms with Crippen LogP contribution in [0.5, 0.6) is 0 Å². The van der Waals surface area contributed by atoms with Crippen LogP contribution in [0.3, 0.4) is 0 Å². The molecule has 0 saturated heterocycles. The first-order chi connectivity index (χ1) is 14.3. The van der Waals surface area contributed by atoms with Crippen molar-refractivity contribution in [2.24, 2.45) is 0 Å². The van der Waals surface area contributed by atoms with Crippen LogP contribution in [0.2, 0.25) is 0 Å². The fraction of sp³-hybridized carbons (Fsp3) is 0.227. The van der Waals surface area contributed by atoms with Crippen molar-refractivity contribution in [1.29, 1.82) is 0 Å². The average Bonchev–Trinajstić information content (AvgIpc) is 3.26. The van der Waals surface area contributed by atoms with Crippen LogP contribution >= 0.6 is 0 Å². The Balaban J connectivity index is 1.69. The number of sulfonamides is 1. The number of nitrogens with zero attached hydrogens (tertiary/aromatic N) is 1. The number of hydrogen-bond donors (Lipinski definition) is 2. The molecule has 0 aliphatic heterocycles. The molecule has 0 bridgehead atoms. The molecule has 7 nitrogen and oxygen atoms in total. The smallest absolute Gasteiger partial charge is 0.251 e. The van der Waals surface area contributed by atoms with Gasteiger partial charge in [0, 0.05) is 12.1 Å². The lowest BCUT2D eigenvalue weighted by atomic mass is 10.1. The Hall–Kier alpha value is -2.94. The maximum absolute atomic E-state index is 12.7. The van der Waals surface area contributed by atoms with Crippen LogP contribution in [0.4, 0.5) is 0 Å². The lowest BCUT2D eigenvalue weighted by Crippen LogP contribution is -2.35. The zero-order chi connectivity index (χ0) is 21.6. The molecule has 0 fully saturated rings. The molecule has 1 amide bonds. The van der Waals surface area contributed by atoms with E-state index in [1.54, 1.807) is 12.1 Å². The van der Waals surface area contributed by atoms with E-state index >= 15 is 0 Å². The monoisotopic (exact) mass is 427 g/mol. The summed E-state index contributed by atoms with van der Waals surface area (Å²) in [5.41, 5.74) is 1.39. The van der Waals surface area contributed by atoms with Gasteiger partial charge >= 0.3 is 0 Å². The number of hydrogen-bond acceptors (Lipinski definition) is 5. The summed E-state index contributed by atoms with van der Waals surface area (Å²) >= 11 is 0. The Morgan fingerprint density at radius 2 is 1.70 bits per heavy atom. The summed E-state index contributed by atoms with van der Waals surface area (Å²) in [6.45, 7) is 0.694. The summed E-state index contributed by atoms with van der Waals surface area (Å²) in [5.74, 6) is 0.251. The predicted octanol–water partition coefficient (Wildman–Crippen LogP) is 2.79. The number of carbonyl (C=O) groups is 1. The van der Waals surface area contributed by atoms with Crippen molar-refractivity contribution < 1.29 is 17.6 Å². The summed E-state index contributed by atoms with van der Waals surface area (Å²) in [6.07, 6.45) is 1.48. The van der Waals surface area contributed by atoms with Gasteiger partial charge in [0.25, 0.3) is 5.91 Å². The van der Waals surface area contributed by atoms with E-state index in [-0.39, 0.29) is 23.4 Å². The third-order valence-electron chi connectivity index (χ3n) is 4.50. The van der Waals surface area contributed by atoms with E-state index in [1.165, 1.54) is 30.5 Å². The van der Waals surface area contributed by atoms with Gasteiger partial charge in [-0.1, -0.05) is 30.3 Å². The summed E-state index contributed by atoms with van der Waals surface area (Å²) in [7, 11) is 0.175. The molecule has 0 aliphatic carbocycles. The van der Waals surface area contributed by atoms with Crippen LogP contribution in [0.1, 0.15) is 27.7 Å². The molecule has 3 rings (SSSR count). The molecule has 3 aromatic rings. The van der Waals surface area contributed by atoms with Crippen LogP contribution in [0, 0.1) is 0 Å². The summed E-state index contributed by atoms with van der Waals surface area (Å²) in [5, 5.41) is 3.02. The Bertz CT molecular complexity index is 1050. The summed E-state index contributed by atoms with van der Waals surface area (Å²) in [4.78, 5) is 14.8. The van der Waals surface area contributed by atoms with Gasteiger partial charge in [0.2, 0.25) is 10.0 Å². The molecule has 2 N–H and O–H groups in total. The molecule has 0 unspecified atom stereocenters. The zero-order valence-electron chi connectivity index (χ0n) is 16.9. The van der Waals surface area contributed by atoms with Crippen LogP contribution in [0.15, 0.2) is 82.3 Å². The highest BCUT2D eigenvalue weighted by Gasteiger charge is 2.18. The first kappa shape index (κ1) is 21.8. The molecular formula is C22H25N3O4S. The highest BCUT2D eigenvalue weighted by atomic mass is 32.2. The first-order valence-electron chi connectivity index (χ1n) is 9.48. The standard InChI is InChI=1S/C22H25N3O4S/c1-25(2)16-21(17-7-4-3-5-8-17)24-22(26)18-10-12-20(13-11-18)30(27,28)23-15-19-9-6-14-29-19/h3-14,21,23H,15-16H2,1-2H3,(H,24,26)/t21-/m0/s1. The number of carbonyl (C=O) groups excluding carboxylic acids is 1. The fourth-order valence-electron chi connectivity index (χ4n) is 2.97. The largest absolute Gasteiger partial charge is 0.468 e. The molecule has 1 heterocycles. The van der Waals surface area contributed by atoms with E-state index in [1.807, 2.05) is 49.3 Å². The summed E-state index contributed by atoms with van der Waals surface area (Å²) in [6, 6.07) is 18.8. The van der Waals surface area contributed by atoms with E-state index in [2.05, 4.69) is 10.0 Å². The van der Waals surface area contributed by atoms with Gasteiger partial charge in [-0.05, 0) is 56.1 Å². The van der Waals surface area contributed by atoms with E-state index < -0.39 is 10.0 Å². The normalized spacial score (nSPS) is 12.6. The molecule has 158 valence electrons. The molecular weight excluding hydrogens is 402 g/mol. The molecule has 1 atom stereocenters. The first-order valence-corrected chi connectivity index (χ1v) is 11.0. The SMILES string of the molecule is CN(C)C[C@H](NC(=O)c1ccc(S(=O)(=O)NCc2ccco2)cc1)c1ccccc1. The molecule has 0 radical (unpaired) electrons. The highest BCUT2D eigenvalue weighted by molar-refractivity contribution is 7.89. The molecule has 0 spiro atoms. The fourth-order valence-corrected chi connectivity index (χ4v) is 3.97. The number of nitrogens with one attached hydrogen (secondary N) is 2. The highest BCUT2D eigenvalue weighted by Crippen LogP contribution is 2.16. The van der Waals surface area contributed by atoms with Crippen molar-refractivity contribution in [2.45, 2.75) is 17.5 Å². The topological polar surface area (TPSA) is 91.7 Å². The lowest BCUT2D eigenvalue weighted by molar-refractivity contribution is 0.0930. The maximum Gasteiger partial charge on any atom is 0.251 e. The minimum absolute atomic E-state index is 0.0564. The quantitative estimate of drug-likeness (QED) is 0.548. The van der Waals surface area contributed by atoms with E-state index in [9.17, 15) is 13.2 Å². The van der Waals surface area contributed by atoms with E-state index in [4.69, 9.17) is 4.42 Å². The molecule has 30 heavy (non-hydrogen) atoms. The minimum atomic E-state index is -3.71. The lowest BCUT2D eigenvalue weighted by Gasteiger charge is -2.23. The van der Waals surface area contributed by atoms with Crippen molar-refractivity contribution in [1.82, 2.24) is 14.9 Å². The van der Waals surface area contributed by atoms with Crippen molar-refractivity contribution in [3.8, 4) is 0 Å². The molecule has 1 aromatic heterocycles. The zero-order valence-corrected chi connectivity index (χ0v) is 17.7. The van der Waals surface area contributed by atoms with Gasteiger partial charge < -0.3 is 14.6 Å². The van der Waals surface area contributed by atoms with Crippen LogP contribution < -0.4 is 10.0 Å². The average molecular weight is 428 g/mol. The molecule has 8 heteroatoms. The van der Waals surface area contributed by atoms with Gasteiger partial charge in [-0.2, -0.15) is 0 Å². The summed E-state index contributed by atoms with van der Waals surface area (Å²) < 4.78 is 32.5. The van der Waals surface area contributed by atoms with E-state index in [0.717, 1.165) is 5.56 Å². The van der Waals surface area contributed by atoms with Gasteiger partial charge in [0.1, 0.15) is 5.76 Å². The minimum Gasteiger partial charge on any atom is -0.468 e. The molecule has 0 aliphatic rings.